The lowest BCUT2D eigenvalue weighted by Crippen LogP contribution is -2.24. The molecule has 2 heterocycles. The van der Waals surface area contributed by atoms with Crippen LogP contribution in [-0.4, -0.2) is 28.4 Å². The van der Waals surface area contributed by atoms with Crippen LogP contribution in [0.4, 0.5) is 0 Å². The summed E-state index contributed by atoms with van der Waals surface area (Å²) in [5.41, 5.74) is 6.78. The molecule has 0 bridgehead atoms. The van der Waals surface area contributed by atoms with Gasteiger partial charge >= 0.3 is 0 Å². The third-order valence-corrected chi connectivity index (χ3v) is 7.67. The van der Waals surface area contributed by atoms with Crippen molar-refractivity contribution in [1.29, 1.82) is 0 Å². The van der Waals surface area contributed by atoms with E-state index in [1.165, 1.54) is 16.8 Å². The summed E-state index contributed by atoms with van der Waals surface area (Å²) in [7, 11) is 1.73. The van der Waals surface area contributed by atoms with E-state index in [1.54, 1.807) is 7.11 Å². The van der Waals surface area contributed by atoms with Crippen LogP contribution in [0.5, 0.6) is 17.2 Å². The van der Waals surface area contributed by atoms with Gasteiger partial charge in [-0.2, -0.15) is 0 Å². The summed E-state index contributed by atoms with van der Waals surface area (Å²) in [5.74, 6) is 3.38. The van der Waals surface area contributed by atoms with Crippen LogP contribution in [0.25, 0.3) is 22.6 Å². The van der Waals surface area contributed by atoms with Gasteiger partial charge < -0.3 is 18.8 Å². The quantitative estimate of drug-likeness (QED) is 0.155. The Morgan fingerprint density at radius 3 is 2.29 bits per heavy atom. The van der Waals surface area contributed by atoms with E-state index in [4.69, 9.17) is 19.2 Å². The highest BCUT2D eigenvalue weighted by atomic mass is 16.7. The normalized spacial score (nSPS) is 12.2. The highest BCUT2D eigenvalue weighted by Crippen LogP contribution is 2.36. The van der Waals surface area contributed by atoms with Gasteiger partial charge in [0.25, 0.3) is 0 Å². The monoisotopic (exact) mass is 559 g/mol. The van der Waals surface area contributed by atoms with Gasteiger partial charge in [-0.3, -0.25) is 4.90 Å². The van der Waals surface area contributed by atoms with Gasteiger partial charge in [0.15, 0.2) is 11.5 Å². The van der Waals surface area contributed by atoms with Crippen LogP contribution in [0.3, 0.4) is 0 Å². The van der Waals surface area contributed by atoms with Crippen LogP contribution in [0.1, 0.15) is 36.6 Å². The lowest BCUT2D eigenvalue weighted by Gasteiger charge is -2.25. The number of fused-ring (bicyclic) bond motifs is 1. The third kappa shape index (κ3) is 6.04. The lowest BCUT2D eigenvalue weighted by molar-refractivity contribution is 0.174. The SMILES string of the molecule is CCCCn1c(-c2ccccc2OC)nc(-c2ccccc2)c1CN(Cc1ccccc1)Cc1ccc2c(c1)OCO2. The molecule has 1 aliphatic heterocycles. The Bertz CT molecular complexity index is 1620. The zero-order chi connectivity index (χ0) is 28.7. The average molecular weight is 560 g/mol. The van der Waals surface area contributed by atoms with Crippen LogP contribution < -0.4 is 14.2 Å². The van der Waals surface area contributed by atoms with Crippen molar-refractivity contribution in [3.63, 3.8) is 0 Å². The molecule has 0 radical (unpaired) electrons. The predicted octanol–water partition coefficient (Wildman–Crippen LogP) is 7.96. The standard InChI is InChI=1S/C36H37N3O3/c1-3-4-21-39-31(35(29-15-9-6-10-16-29)37-36(39)30-17-11-12-18-32(30)40-2)25-38(23-27-13-7-5-8-14-27)24-28-19-20-33-34(22-28)42-26-41-33/h5-20,22H,3-4,21,23-26H2,1-2H3. The van der Waals surface area contributed by atoms with Crippen LogP contribution in [0.2, 0.25) is 0 Å². The molecule has 6 rings (SSSR count). The molecular formula is C36H37N3O3. The summed E-state index contributed by atoms with van der Waals surface area (Å²) in [6.07, 6.45) is 2.15. The second-order valence-corrected chi connectivity index (χ2v) is 10.6. The maximum absolute atomic E-state index is 5.80. The van der Waals surface area contributed by atoms with Crippen molar-refractivity contribution in [2.75, 3.05) is 13.9 Å². The number of benzene rings is 4. The maximum Gasteiger partial charge on any atom is 0.231 e. The number of ether oxygens (including phenoxy) is 3. The fraction of sp³-hybridized carbons (Fsp3) is 0.250. The molecule has 6 heteroatoms. The molecule has 0 aliphatic carbocycles. The lowest BCUT2D eigenvalue weighted by atomic mass is 10.1. The largest absolute Gasteiger partial charge is 0.496 e. The van der Waals surface area contributed by atoms with E-state index < -0.39 is 0 Å². The highest BCUT2D eigenvalue weighted by Gasteiger charge is 2.24. The van der Waals surface area contributed by atoms with E-state index in [-0.39, 0.29) is 6.79 Å². The van der Waals surface area contributed by atoms with Crippen LogP contribution in [0.15, 0.2) is 103 Å². The van der Waals surface area contributed by atoms with Gasteiger partial charge in [-0.25, -0.2) is 4.98 Å². The first kappa shape index (κ1) is 27.6. The van der Waals surface area contributed by atoms with Gasteiger partial charge in [0.2, 0.25) is 6.79 Å². The first-order valence-electron chi connectivity index (χ1n) is 14.7. The zero-order valence-electron chi connectivity index (χ0n) is 24.3. The van der Waals surface area contributed by atoms with Gasteiger partial charge in [-0.1, -0.05) is 92.2 Å². The van der Waals surface area contributed by atoms with E-state index in [2.05, 4.69) is 101 Å². The number of aromatic nitrogens is 2. The molecule has 0 unspecified atom stereocenters. The minimum absolute atomic E-state index is 0.273. The summed E-state index contributed by atoms with van der Waals surface area (Å²) in [4.78, 5) is 7.84. The first-order chi connectivity index (χ1) is 20.7. The van der Waals surface area contributed by atoms with Gasteiger partial charge in [-0.05, 0) is 41.8 Å². The van der Waals surface area contributed by atoms with Crippen molar-refractivity contribution in [1.82, 2.24) is 14.5 Å². The van der Waals surface area contributed by atoms with E-state index in [0.717, 1.165) is 78.9 Å². The van der Waals surface area contributed by atoms with Crippen molar-refractivity contribution in [3.05, 3.63) is 120 Å². The Kier molecular flexibility index (Phi) is 8.52. The van der Waals surface area contributed by atoms with Crippen molar-refractivity contribution >= 4 is 0 Å². The van der Waals surface area contributed by atoms with E-state index in [1.807, 2.05) is 18.2 Å². The number of para-hydroxylation sites is 1. The minimum atomic E-state index is 0.273. The van der Waals surface area contributed by atoms with Gasteiger partial charge in [0.1, 0.15) is 11.6 Å². The topological polar surface area (TPSA) is 48.8 Å². The molecule has 214 valence electrons. The molecule has 0 fully saturated rings. The number of rotatable bonds is 12. The Morgan fingerprint density at radius 1 is 0.786 bits per heavy atom. The second kappa shape index (κ2) is 13.0. The average Bonchev–Trinajstić information content (AvgIpc) is 3.65. The molecule has 1 aliphatic rings. The highest BCUT2D eigenvalue weighted by molar-refractivity contribution is 5.71. The first-order valence-corrected chi connectivity index (χ1v) is 14.7. The molecule has 0 amide bonds. The predicted molar refractivity (Wildman–Crippen MR) is 167 cm³/mol. The van der Waals surface area contributed by atoms with Crippen molar-refractivity contribution < 1.29 is 14.2 Å². The Balaban J connectivity index is 1.46. The van der Waals surface area contributed by atoms with E-state index in [0.29, 0.717) is 0 Å². The summed E-state index contributed by atoms with van der Waals surface area (Å²) in [6, 6.07) is 35.6. The Morgan fingerprint density at radius 2 is 1.50 bits per heavy atom. The molecule has 42 heavy (non-hydrogen) atoms. The van der Waals surface area contributed by atoms with Crippen molar-refractivity contribution in [2.24, 2.45) is 0 Å². The summed E-state index contributed by atoms with van der Waals surface area (Å²) in [5, 5.41) is 0. The summed E-state index contributed by atoms with van der Waals surface area (Å²) in [6.45, 7) is 5.66. The van der Waals surface area contributed by atoms with Crippen LogP contribution in [-0.2, 0) is 26.2 Å². The summed E-state index contributed by atoms with van der Waals surface area (Å²) >= 11 is 0. The minimum Gasteiger partial charge on any atom is -0.496 e. The number of nitrogens with zero attached hydrogens (tertiary/aromatic N) is 3. The van der Waals surface area contributed by atoms with Gasteiger partial charge in [-0.15, -0.1) is 0 Å². The van der Waals surface area contributed by atoms with E-state index >= 15 is 0 Å². The molecule has 4 aromatic carbocycles. The molecule has 0 saturated carbocycles. The number of imidazole rings is 1. The molecule has 1 aromatic heterocycles. The van der Waals surface area contributed by atoms with Crippen LogP contribution in [0, 0.1) is 0 Å². The number of hydrogen-bond donors (Lipinski definition) is 0. The fourth-order valence-corrected chi connectivity index (χ4v) is 5.58. The molecule has 5 aromatic rings. The number of methoxy groups -OCH3 is 1. The van der Waals surface area contributed by atoms with Crippen LogP contribution >= 0.6 is 0 Å². The molecule has 0 N–H and O–H groups in total. The van der Waals surface area contributed by atoms with Crippen molar-refractivity contribution in [2.45, 2.75) is 45.9 Å². The van der Waals surface area contributed by atoms with E-state index in [9.17, 15) is 0 Å². The van der Waals surface area contributed by atoms with Gasteiger partial charge in [0.05, 0.1) is 24.1 Å². The summed E-state index contributed by atoms with van der Waals surface area (Å²) < 4.78 is 19.5. The second-order valence-electron chi connectivity index (χ2n) is 10.6. The zero-order valence-corrected chi connectivity index (χ0v) is 24.3. The molecule has 6 nitrogen and oxygen atoms in total. The maximum atomic E-state index is 5.80. The van der Waals surface area contributed by atoms with Crippen molar-refractivity contribution in [3.8, 4) is 39.9 Å². The molecular weight excluding hydrogens is 522 g/mol. The number of unbranched alkanes of at least 4 members (excludes halogenated alkanes) is 1. The number of hydrogen-bond acceptors (Lipinski definition) is 5. The molecule has 0 saturated heterocycles. The fourth-order valence-electron chi connectivity index (χ4n) is 5.58. The third-order valence-electron chi connectivity index (χ3n) is 7.67. The Hall–Kier alpha value is -4.55. The molecule has 0 spiro atoms. The smallest absolute Gasteiger partial charge is 0.231 e. The Labute approximate surface area is 248 Å². The van der Waals surface area contributed by atoms with Gasteiger partial charge in [0, 0.05) is 31.7 Å². The molecule has 0 atom stereocenters.